The number of nitrogens with zero attached hydrogens (tertiary/aromatic N) is 3. The number of amides is 1. The maximum absolute atomic E-state index is 11.6. The summed E-state index contributed by atoms with van der Waals surface area (Å²) in [5, 5.41) is 3.43. The highest BCUT2D eigenvalue weighted by Gasteiger charge is 2.13. The second-order valence-electron chi connectivity index (χ2n) is 6.83. The number of nitrogens with two attached hydrogens (primary N) is 1. The first kappa shape index (κ1) is 21.3. The van der Waals surface area contributed by atoms with Gasteiger partial charge in [0, 0.05) is 31.6 Å². The highest BCUT2D eigenvalue weighted by molar-refractivity contribution is 5.91. The SMILES string of the molecule is COc1cc2nc(N(C)CCCNC(=O)OCC(C)C)nc(N)c2cc1OC. The molecule has 0 aliphatic carbocycles. The molecular weight excluding hydrogens is 362 g/mol. The van der Waals surface area contributed by atoms with Crippen LogP contribution in [0.25, 0.3) is 10.9 Å². The van der Waals surface area contributed by atoms with Crippen LogP contribution < -0.4 is 25.4 Å². The van der Waals surface area contributed by atoms with Crippen molar-refractivity contribution in [2.75, 3.05) is 51.6 Å². The van der Waals surface area contributed by atoms with Crippen LogP contribution in [0.4, 0.5) is 16.6 Å². The highest BCUT2D eigenvalue weighted by atomic mass is 16.5. The molecule has 1 aromatic carbocycles. The monoisotopic (exact) mass is 391 g/mol. The standard InChI is InChI=1S/C19H29N5O4/c1-12(2)11-28-19(25)21-7-6-8-24(3)18-22-14-10-16(27-5)15(26-4)9-13(14)17(20)23-18/h9-10,12H,6-8,11H2,1-5H3,(H,21,25)(H2,20,22,23). The Morgan fingerprint density at radius 3 is 2.54 bits per heavy atom. The van der Waals surface area contributed by atoms with Gasteiger partial charge in [0.05, 0.1) is 26.3 Å². The van der Waals surface area contributed by atoms with Crippen LogP contribution >= 0.6 is 0 Å². The number of benzene rings is 1. The van der Waals surface area contributed by atoms with Crippen LogP contribution in [0.5, 0.6) is 11.5 Å². The van der Waals surface area contributed by atoms with Gasteiger partial charge in [0.25, 0.3) is 0 Å². The van der Waals surface area contributed by atoms with Gasteiger partial charge in [-0.3, -0.25) is 0 Å². The van der Waals surface area contributed by atoms with Crippen molar-refractivity contribution < 1.29 is 19.0 Å². The lowest BCUT2D eigenvalue weighted by Gasteiger charge is -2.18. The van der Waals surface area contributed by atoms with E-state index in [9.17, 15) is 4.79 Å². The first-order valence-electron chi connectivity index (χ1n) is 9.16. The molecule has 0 fully saturated rings. The molecule has 2 aromatic rings. The van der Waals surface area contributed by atoms with Gasteiger partial charge in [0.1, 0.15) is 5.82 Å². The second-order valence-corrected chi connectivity index (χ2v) is 6.83. The number of carbonyl (C=O) groups excluding carboxylic acids is 1. The van der Waals surface area contributed by atoms with Crippen LogP contribution in [0.15, 0.2) is 12.1 Å². The molecule has 2 rings (SSSR count). The summed E-state index contributed by atoms with van der Waals surface area (Å²) in [7, 11) is 5.01. The summed E-state index contributed by atoms with van der Waals surface area (Å²) in [6.07, 6.45) is 0.309. The maximum Gasteiger partial charge on any atom is 0.407 e. The molecule has 1 aromatic heterocycles. The van der Waals surface area contributed by atoms with E-state index >= 15 is 0 Å². The van der Waals surface area contributed by atoms with E-state index in [1.165, 1.54) is 0 Å². The zero-order valence-electron chi connectivity index (χ0n) is 17.1. The van der Waals surface area contributed by atoms with Crippen molar-refractivity contribution in [3.8, 4) is 11.5 Å². The lowest BCUT2D eigenvalue weighted by atomic mass is 10.2. The molecule has 3 N–H and O–H groups in total. The normalized spacial score (nSPS) is 10.8. The molecule has 1 amide bonds. The Morgan fingerprint density at radius 2 is 1.89 bits per heavy atom. The van der Waals surface area contributed by atoms with Gasteiger partial charge >= 0.3 is 6.09 Å². The minimum atomic E-state index is -0.399. The number of carbonyl (C=O) groups is 1. The number of fused-ring (bicyclic) bond motifs is 1. The molecule has 0 radical (unpaired) electrons. The summed E-state index contributed by atoms with van der Waals surface area (Å²) < 4.78 is 15.7. The van der Waals surface area contributed by atoms with Crippen LogP contribution in [0.1, 0.15) is 20.3 Å². The number of anilines is 2. The Morgan fingerprint density at radius 1 is 1.21 bits per heavy atom. The van der Waals surface area contributed by atoms with E-state index in [0.717, 1.165) is 0 Å². The Hall–Kier alpha value is -2.97. The molecule has 0 atom stereocenters. The van der Waals surface area contributed by atoms with E-state index in [1.54, 1.807) is 26.4 Å². The molecule has 0 aliphatic rings. The van der Waals surface area contributed by atoms with Crippen LogP contribution in [-0.4, -0.2) is 57.0 Å². The van der Waals surface area contributed by atoms with Gasteiger partial charge in [0.2, 0.25) is 5.95 Å². The zero-order chi connectivity index (χ0) is 20.7. The van der Waals surface area contributed by atoms with Crippen molar-refractivity contribution in [3.05, 3.63) is 12.1 Å². The van der Waals surface area contributed by atoms with Crippen molar-refractivity contribution in [3.63, 3.8) is 0 Å². The minimum Gasteiger partial charge on any atom is -0.493 e. The summed E-state index contributed by atoms with van der Waals surface area (Å²) in [6, 6.07) is 3.54. The van der Waals surface area contributed by atoms with Crippen LogP contribution in [0, 0.1) is 5.92 Å². The third-order valence-corrected chi connectivity index (χ3v) is 4.05. The molecule has 0 saturated heterocycles. The number of rotatable bonds is 9. The third-order valence-electron chi connectivity index (χ3n) is 4.05. The molecule has 1 heterocycles. The van der Waals surface area contributed by atoms with Gasteiger partial charge in [-0.1, -0.05) is 13.8 Å². The van der Waals surface area contributed by atoms with Crippen molar-refractivity contribution in [2.24, 2.45) is 5.92 Å². The molecule has 9 nitrogen and oxygen atoms in total. The fourth-order valence-electron chi connectivity index (χ4n) is 2.54. The maximum atomic E-state index is 11.6. The fraction of sp³-hybridized carbons (Fsp3) is 0.526. The number of aromatic nitrogens is 2. The van der Waals surface area contributed by atoms with Gasteiger partial charge in [0.15, 0.2) is 11.5 Å². The number of nitrogen functional groups attached to an aromatic ring is 1. The van der Waals surface area contributed by atoms with Gasteiger partial charge in [-0.25, -0.2) is 9.78 Å². The smallest absolute Gasteiger partial charge is 0.407 e. The summed E-state index contributed by atoms with van der Waals surface area (Å²) >= 11 is 0. The lowest BCUT2D eigenvalue weighted by Crippen LogP contribution is -2.30. The quantitative estimate of drug-likeness (QED) is 0.627. The fourth-order valence-corrected chi connectivity index (χ4v) is 2.54. The molecule has 28 heavy (non-hydrogen) atoms. The lowest BCUT2D eigenvalue weighted by molar-refractivity contribution is 0.133. The van der Waals surface area contributed by atoms with Gasteiger partial charge in [-0.05, 0) is 18.4 Å². The van der Waals surface area contributed by atoms with E-state index in [2.05, 4.69) is 15.3 Å². The van der Waals surface area contributed by atoms with Crippen LogP contribution in [-0.2, 0) is 4.74 Å². The summed E-state index contributed by atoms with van der Waals surface area (Å²) in [6.45, 7) is 5.52. The van der Waals surface area contributed by atoms with Crippen molar-refractivity contribution >= 4 is 28.8 Å². The summed E-state index contributed by atoms with van der Waals surface area (Å²) in [5.74, 6) is 2.32. The van der Waals surface area contributed by atoms with Gasteiger partial charge in [-0.15, -0.1) is 0 Å². The molecular formula is C19H29N5O4. The molecule has 0 spiro atoms. The Labute approximate surface area is 165 Å². The Kier molecular flexibility index (Phi) is 7.48. The average molecular weight is 391 g/mol. The van der Waals surface area contributed by atoms with Crippen LogP contribution in [0.2, 0.25) is 0 Å². The molecule has 0 aliphatic heterocycles. The zero-order valence-corrected chi connectivity index (χ0v) is 17.1. The van der Waals surface area contributed by atoms with E-state index in [-0.39, 0.29) is 0 Å². The number of ether oxygens (including phenoxy) is 3. The van der Waals surface area contributed by atoms with Crippen molar-refractivity contribution in [1.29, 1.82) is 0 Å². The number of hydrogen-bond donors (Lipinski definition) is 2. The molecule has 0 bridgehead atoms. The number of methoxy groups -OCH3 is 2. The predicted octanol–water partition coefficient (Wildman–Crippen LogP) is 2.44. The first-order valence-corrected chi connectivity index (χ1v) is 9.16. The molecule has 0 saturated carbocycles. The number of nitrogens with one attached hydrogen (secondary N) is 1. The average Bonchev–Trinajstić information content (AvgIpc) is 2.68. The molecule has 154 valence electrons. The largest absolute Gasteiger partial charge is 0.493 e. The Balaban J connectivity index is 1.99. The van der Waals surface area contributed by atoms with E-state index < -0.39 is 6.09 Å². The van der Waals surface area contributed by atoms with Crippen molar-refractivity contribution in [1.82, 2.24) is 15.3 Å². The van der Waals surface area contributed by atoms with Crippen LogP contribution in [0.3, 0.4) is 0 Å². The van der Waals surface area contributed by atoms with E-state index in [1.807, 2.05) is 25.8 Å². The molecule has 9 heteroatoms. The number of hydrogen-bond acceptors (Lipinski definition) is 8. The highest BCUT2D eigenvalue weighted by Crippen LogP contribution is 2.33. The van der Waals surface area contributed by atoms with E-state index in [0.29, 0.717) is 66.2 Å². The first-order chi connectivity index (χ1) is 13.3. The summed E-state index contributed by atoms with van der Waals surface area (Å²) in [4.78, 5) is 22.4. The molecule has 0 unspecified atom stereocenters. The number of alkyl carbamates (subject to hydrolysis) is 1. The van der Waals surface area contributed by atoms with Gasteiger partial charge in [-0.2, -0.15) is 4.98 Å². The minimum absolute atomic E-state index is 0.311. The van der Waals surface area contributed by atoms with Gasteiger partial charge < -0.3 is 30.2 Å². The van der Waals surface area contributed by atoms with E-state index in [4.69, 9.17) is 19.9 Å². The third kappa shape index (κ3) is 5.51. The van der Waals surface area contributed by atoms with Crippen molar-refractivity contribution in [2.45, 2.75) is 20.3 Å². The predicted molar refractivity (Wildman–Crippen MR) is 109 cm³/mol. The summed E-state index contributed by atoms with van der Waals surface area (Å²) in [5.41, 5.74) is 6.78. The second kappa shape index (κ2) is 9.82. The topological polar surface area (TPSA) is 112 Å². The Bertz CT molecular complexity index is 813.